The molecule has 1 aliphatic heterocycles. The van der Waals surface area contributed by atoms with Crippen molar-refractivity contribution in [1.29, 1.82) is 0 Å². The lowest BCUT2D eigenvalue weighted by Crippen LogP contribution is -2.52. The molecular weight excluding hydrogens is 292 g/mol. The van der Waals surface area contributed by atoms with E-state index in [0.717, 1.165) is 32.1 Å². The van der Waals surface area contributed by atoms with Crippen molar-refractivity contribution in [2.24, 2.45) is 0 Å². The van der Waals surface area contributed by atoms with Crippen LogP contribution >= 0.6 is 24.8 Å². The van der Waals surface area contributed by atoms with Crippen LogP contribution in [0.5, 0.6) is 0 Å². The zero-order valence-corrected chi connectivity index (χ0v) is 12.2. The van der Waals surface area contributed by atoms with Crippen molar-refractivity contribution < 1.29 is 9.18 Å². The van der Waals surface area contributed by atoms with Crippen LogP contribution in [-0.4, -0.2) is 29.5 Å². The first-order chi connectivity index (χ1) is 8.09. The van der Waals surface area contributed by atoms with Gasteiger partial charge in [-0.25, -0.2) is 4.39 Å². The van der Waals surface area contributed by atoms with E-state index in [0.29, 0.717) is 0 Å². The number of carbonyl (C=O) groups is 1. The highest BCUT2D eigenvalue weighted by Crippen LogP contribution is 2.17. The minimum absolute atomic E-state index is 0. The van der Waals surface area contributed by atoms with Gasteiger partial charge in [0.05, 0.1) is 11.8 Å². The van der Waals surface area contributed by atoms with E-state index in [1.54, 1.807) is 0 Å². The third-order valence-corrected chi connectivity index (χ3v) is 3.09. The van der Waals surface area contributed by atoms with Crippen LogP contribution in [0.3, 0.4) is 0 Å². The Morgan fingerprint density at radius 1 is 1.37 bits per heavy atom. The Hall–Kier alpha value is -0.910. The fourth-order valence-corrected chi connectivity index (χ4v) is 1.99. The third-order valence-electron chi connectivity index (χ3n) is 3.09. The van der Waals surface area contributed by atoms with Crippen molar-refractivity contribution in [3.8, 4) is 0 Å². The summed E-state index contributed by atoms with van der Waals surface area (Å²) < 4.78 is 12.9. The minimum Gasteiger partial charge on any atom is -0.347 e. The maximum atomic E-state index is 12.9. The highest BCUT2D eigenvalue weighted by atomic mass is 35.5. The van der Waals surface area contributed by atoms with Crippen molar-refractivity contribution in [3.63, 3.8) is 0 Å². The average Bonchev–Trinajstić information content (AvgIpc) is 2.29. The summed E-state index contributed by atoms with van der Waals surface area (Å²) >= 11 is 0. The topological polar surface area (TPSA) is 54.0 Å². The fraction of sp³-hybridized carbons (Fsp3) is 0.500. The van der Waals surface area contributed by atoms with Gasteiger partial charge in [0.25, 0.3) is 5.91 Å². The number of aromatic nitrogens is 1. The molecule has 0 aromatic carbocycles. The van der Waals surface area contributed by atoms with Crippen LogP contribution in [-0.2, 0) is 0 Å². The van der Waals surface area contributed by atoms with E-state index in [-0.39, 0.29) is 41.8 Å². The predicted octanol–water partition coefficient (Wildman–Crippen LogP) is 1.94. The van der Waals surface area contributed by atoms with E-state index in [1.807, 2.05) is 6.92 Å². The number of amides is 1. The second-order valence-corrected chi connectivity index (χ2v) is 4.66. The molecule has 4 nitrogen and oxygen atoms in total. The molecule has 1 amide bonds. The molecule has 0 bridgehead atoms. The third kappa shape index (κ3) is 4.93. The standard InChI is InChI=1S/C12H16FN3O.2ClH/c1-12(2-4-14-5-3-12)16-11(17)9-6-10(13)8-15-7-9;;/h6-8,14H,2-5H2,1H3,(H,16,17);2*1H. The molecule has 0 saturated carbocycles. The number of halogens is 3. The molecule has 0 atom stereocenters. The summed E-state index contributed by atoms with van der Waals surface area (Å²) in [5, 5.41) is 6.19. The fourth-order valence-electron chi connectivity index (χ4n) is 1.99. The lowest BCUT2D eigenvalue weighted by molar-refractivity contribution is 0.0886. The summed E-state index contributed by atoms with van der Waals surface area (Å²) in [7, 11) is 0. The maximum Gasteiger partial charge on any atom is 0.253 e. The number of pyridine rings is 1. The van der Waals surface area contributed by atoms with Gasteiger partial charge in [-0.3, -0.25) is 9.78 Å². The molecule has 7 heteroatoms. The predicted molar refractivity (Wildman–Crippen MR) is 76.7 cm³/mol. The lowest BCUT2D eigenvalue weighted by atomic mass is 9.90. The quantitative estimate of drug-likeness (QED) is 0.878. The maximum absolute atomic E-state index is 12.9. The number of carbonyl (C=O) groups excluding carboxylic acids is 1. The summed E-state index contributed by atoms with van der Waals surface area (Å²) in [5.41, 5.74) is 0.0547. The van der Waals surface area contributed by atoms with Gasteiger partial charge in [-0.2, -0.15) is 0 Å². The highest BCUT2D eigenvalue weighted by molar-refractivity contribution is 5.94. The van der Waals surface area contributed by atoms with Gasteiger partial charge in [-0.1, -0.05) is 0 Å². The van der Waals surface area contributed by atoms with Gasteiger partial charge in [0, 0.05) is 11.7 Å². The molecule has 2 heterocycles. The molecule has 19 heavy (non-hydrogen) atoms. The summed E-state index contributed by atoms with van der Waals surface area (Å²) in [6.45, 7) is 3.79. The van der Waals surface area contributed by atoms with E-state index in [4.69, 9.17) is 0 Å². The molecule has 1 fully saturated rings. The Morgan fingerprint density at radius 3 is 2.58 bits per heavy atom. The number of rotatable bonds is 2. The van der Waals surface area contributed by atoms with E-state index in [1.165, 1.54) is 12.3 Å². The molecule has 2 N–H and O–H groups in total. The molecule has 1 aliphatic rings. The molecule has 0 aliphatic carbocycles. The van der Waals surface area contributed by atoms with Crippen molar-refractivity contribution in [1.82, 2.24) is 15.6 Å². The van der Waals surface area contributed by atoms with Gasteiger partial charge >= 0.3 is 0 Å². The Morgan fingerprint density at radius 2 is 2.00 bits per heavy atom. The van der Waals surface area contributed by atoms with E-state index < -0.39 is 5.82 Å². The normalized spacial score (nSPS) is 16.7. The van der Waals surface area contributed by atoms with Gasteiger partial charge in [-0.05, 0) is 38.9 Å². The van der Waals surface area contributed by atoms with Crippen LogP contribution in [0.25, 0.3) is 0 Å². The number of nitrogens with zero attached hydrogens (tertiary/aromatic N) is 1. The van der Waals surface area contributed by atoms with Crippen molar-refractivity contribution in [2.45, 2.75) is 25.3 Å². The number of piperidine rings is 1. The number of nitrogens with one attached hydrogen (secondary N) is 2. The largest absolute Gasteiger partial charge is 0.347 e. The van der Waals surface area contributed by atoms with E-state index >= 15 is 0 Å². The van der Waals surface area contributed by atoms with Gasteiger partial charge in [0.2, 0.25) is 0 Å². The molecule has 1 saturated heterocycles. The molecule has 2 rings (SSSR count). The molecule has 0 radical (unpaired) electrons. The van der Waals surface area contributed by atoms with Crippen molar-refractivity contribution in [2.75, 3.05) is 13.1 Å². The molecular formula is C12H18Cl2FN3O. The highest BCUT2D eigenvalue weighted by Gasteiger charge is 2.28. The summed E-state index contributed by atoms with van der Waals surface area (Å²) in [6, 6.07) is 1.20. The zero-order chi connectivity index (χ0) is 12.3. The van der Waals surface area contributed by atoms with Crippen LogP contribution in [0.4, 0.5) is 4.39 Å². The smallest absolute Gasteiger partial charge is 0.253 e. The summed E-state index contributed by atoms with van der Waals surface area (Å²) in [6.07, 6.45) is 4.22. The molecule has 1 aromatic heterocycles. The van der Waals surface area contributed by atoms with E-state index in [9.17, 15) is 9.18 Å². The number of hydrogen-bond donors (Lipinski definition) is 2. The Labute approximate surface area is 124 Å². The Bertz CT molecular complexity index is 425. The Kier molecular flexibility index (Phi) is 7.26. The molecule has 0 spiro atoms. The van der Waals surface area contributed by atoms with Crippen molar-refractivity contribution >= 4 is 30.7 Å². The van der Waals surface area contributed by atoms with Crippen LogP contribution < -0.4 is 10.6 Å². The SMILES string of the molecule is CC1(NC(=O)c2cncc(F)c2)CCNCC1.Cl.Cl. The molecule has 1 aromatic rings. The molecule has 0 unspecified atom stereocenters. The average molecular weight is 310 g/mol. The van der Waals surface area contributed by atoms with Crippen LogP contribution in [0.2, 0.25) is 0 Å². The van der Waals surface area contributed by atoms with Gasteiger partial charge in [0.1, 0.15) is 5.82 Å². The second kappa shape index (κ2) is 7.62. The monoisotopic (exact) mass is 309 g/mol. The summed E-state index contributed by atoms with van der Waals surface area (Å²) in [4.78, 5) is 15.6. The van der Waals surface area contributed by atoms with Gasteiger partial charge < -0.3 is 10.6 Å². The first kappa shape index (κ1) is 18.1. The second-order valence-electron chi connectivity index (χ2n) is 4.66. The first-order valence-corrected chi connectivity index (χ1v) is 5.73. The number of hydrogen-bond acceptors (Lipinski definition) is 3. The Balaban J connectivity index is 0.00000162. The zero-order valence-electron chi connectivity index (χ0n) is 10.6. The van der Waals surface area contributed by atoms with Crippen LogP contribution in [0.1, 0.15) is 30.1 Å². The van der Waals surface area contributed by atoms with Crippen LogP contribution in [0, 0.1) is 5.82 Å². The first-order valence-electron chi connectivity index (χ1n) is 5.73. The minimum atomic E-state index is -0.492. The lowest BCUT2D eigenvalue weighted by Gasteiger charge is -2.34. The van der Waals surface area contributed by atoms with Crippen LogP contribution in [0.15, 0.2) is 18.5 Å². The van der Waals surface area contributed by atoms with Gasteiger partial charge in [0.15, 0.2) is 0 Å². The summed E-state index contributed by atoms with van der Waals surface area (Å²) in [5.74, 6) is -0.755. The van der Waals surface area contributed by atoms with Crippen molar-refractivity contribution in [3.05, 3.63) is 29.8 Å². The molecule has 108 valence electrons. The van der Waals surface area contributed by atoms with E-state index in [2.05, 4.69) is 15.6 Å². The van der Waals surface area contributed by atoms with Gasteiger partial charge in [-0.15, -0.1) is 24.8 Å².